The molecular weight excluding hydrogens is 655 g/mol. The lowest BCUT2D eigenvalue weighted by Gasteiger charge is -2.32. The molecule has 4 aliphatic rings. The van der Waals surface area contributed by atoms with Gasteiger partial charge in [0, 0.05) is 27.9 Å². The van der Waals surface area contributed by atoms with Crippen LogP contribution in [0.3, 0.4) is 0 Å². The quantitative estimate of drug-likeness (QED) is 0.148. The van der Waals surface area contributed by atoms with Crippen LogP contribution in [0.4, 0.5) is 17.1 Å². The molecule has 2 nitrogen and oxygen atoms in total. The minimum absolute atomic E-state index is 0.0444. The van der Waals surface area contributed by atoms with Crippen LogP contribution in [0.15, 0.2) is 121 Å². The standard InChI is InChI=1S/C52H51NO/c1-7-51(4)47-27-37(46-26-33(46)3)16-22-42(47)43-23-19-39(28-48(43)51)53(38-17-14-36(15-18-38)35-12-8-32(2)9-13-35)40-20-24-44-45-25-21-41(54-6)30-50(45)52(5,49(44)29-40)31-34-10-11-34/h8-9,12-25,27-30,33-34,46H,7,10-11,26,31H2,1-6H3/t33?,46-,51?,52?/m1/s1. The van der Waals surface area contributed by atoms with Gasteiger partial charge in [0.15, 0.2) is 0 Å². The van der Waals surface area contributed by atoms with Crippen LogP contribution in [-0.2, 0) is 10.8 Å². The van der Waals surface area contributed by atoms with Crippen molar-refractivity contribution in [3.05, 3.63) is 155 Å². The van der Waals surface area contributed by atoms with Crippen LogP contribution in [0.2, 0.25) is 0 Å². The fraction of sp³-hybridized carbons (Fsp3) is 0.308. The summed E-state index contributed by atoms with van der Waals surface area (Å²) >= 11 is 0. The van der Waals surface area contributed by atoms with Crippen molar-refractivity contribution in [3.8, 4) is 39.1 Å². The summed E-state index contributed by atoms with van der Waals surface area (Å²) in [6.07, 6.45) is 6.21. The molecule has 0 aromatic heterocycles. The van der Waals surface area contributed by atoms with Gasteiger partial charge in [-0.05, 0) is 154 Å². The van der Waals surface area contributed by atoms with Crippen LogP contribution in [0.25, 0.3) is 33.4 Å². The largest absolute Gasteiger partial charge is 0.497 e. The first kappa shape index (κ1) is 33.5. The number of fused-ring (bicyclic) bond motifs is 6. The molecule has 10 rings (SSSR count). The van der Waals surface area contributed by atoms with E-state index in [9.17, 15) is 0 Å². The number of benzene rings is 6. The van der Waals surface area contributed by atoms with E-state index in [1.807, 2.05) is 0 Å². The maximum absolute atomic E-state index is 5.78. The van der Waals surface area contributed by atoms with Crippen molar-refractivity contribution < 1.29 is 4.74 Å². The van der Waals surface area contributed by atoms with E-state index in [1.165, 1.54) is 110 Å². The molecule has 2 heteroatoms. The van der Waals surface area contributed by atoms with Crippen LogP contribution in [0, 0.1) is 18.8 Å². The predicted octanol–water partition coefficient (Wildman–Crippen LogP) is 14.0. The molecule has 0 bridgehead atoms. The number of anilines is 3. The molecule has 0 N–H and O–H groups in total. The second kappa shape index (κ2) is 12.2. The Hall–Kier alpha value is -5.08. The third-order valence-electron chi connectivity index (χ3n) is 13.9. The van der Waals surface area contributed by atoms with E-state index in [1.54, 1.807) is 7.11 Å². The van der Waals surface area contributed by atoms with Crippen LogP contribution in [0.1, 0.15) is 99.1 Å². The molecule has 0 saturated heterocycles. The van der Waals surface area contributed by atoms with Gasteiger partial charge in [-0.3, -0.25) is 0 Å². The van der Waals surface area contributed by atoms with Crippen molar-refractivity contribution in [2.45, 2.75) is 83.5 Å². The van der Waals surface area contributed by atoms with Crippen LogP contribution >= 0.6 is 0 Å². The van der Waals surface area contributed by atoms with Gasteiger partial charge in [-0.25, -0.2) is 0 Å². The van der Waals surface area contributed by atoms with Crippen LogP contribution < -0.4 is 9.64 Å². The molecule has 6 aromatic carbocycles. The second-order valence-corrected chi connectivity index (χ2v) is 17.4. The molecule has 2 fully saturated rings. The van der Waals surface area contributed by atoms with E-state index >= 15 is 0 Å². The minimum atomic E-state index is -0.0749. The van der Waals surface area contributed by atoms with Crippen molar-refractivity contribution in [1.82, 2.24) is 0 Å². The Kier molecular flexibility index (Phi) is 7.58. The minimum Gasteiger partial charge on any atom is -0.497 e. The van der Waals surface area contributed by atoms with Gasteiger partial charge in [-0.1, -0.05) is 119 Å². The normalized spacial score (nSPS) is 23.0. The first-order valence-electron chi connectivity index (χ1n) is 20.3. The van der Waals surface area contributed by atoms with Gasteiger partial charge in [0.05, 0.1) is 7.11 Å². The number of ether oxygens (including phenoxy) is 1. The Balaban J connectivity index is 1.12. The highest BCUT2D eigenvalue weighted by molar-refractivity contribution is 5.89. The molecule has 0 spiro atoms. The Morgan fingerprint density at radius 2 is 1.11 bits per heavy atom. The fourth-order valence-corrected chi connectivity index (χ4v) is 10.1. The lowest BCUT2D eigenvalue weighted by Crippen LogP contribution is -2.22. The van der Waals surface area contributed by atoms with Crippen molar-refractivity contribution in [2.24, 2.45) is 11.8 Å². The average Bonchev–Trinajstić information content (AvgIpc) is 4.13. The Labute approximate surface area is 321 Å². The number of methoxy groups -OCH3 is 1. The highest BCUT2D eigenvalue weighted by Gasteiger charge is 2.44. The van der Waals surface area contributed by atoms with Gasteiger partial charge in [0.25, 0.3) is 0 Å². The molecule has 4 atom stereocenters. The molecule has 2 saturated carbocycles. The summed E-state index contributed by atoms with van der Waals surface area (Å²) < 4.78 is 5.78. The first-order chi connectivity index (χ1) is 26.2. The topological polar surface area (TPSA) is 12.5 Å². The Morgan fingerprint density at radius 3 is 1.67 bits per heavy atom. The Morgan fingerprint density at radius 1 is 0.611 bits per heavy atom. The SMILES string of the molecule is CCC1(C)c2cc([C@@H]3CC3C)ccc2-c2ccc(N(c3ccc(-c4ccc(C)cc4)cc3)c3ccc4c(c3)C(C)(CC3CC3)c3cc(OC)ccc3-4)cc21. The molecule has 4 aliphatic carbocycles. The molecule has 0 radical (unpaired) electrons. The van der Waals surface area contributed by atoms with E-state index in [2.05, 4.69) is 161 Å². The van der Waals surface area contributed by atoms with Gasteiger partial charge < -0.3 is 9.64 Å². The number of hydrogen-bond donors (Lipinski definition) is 0. The van der Waals surface area contributed by atoms with Crippen LogP contribution in [-0.4, -0.2) is 7.11 Å². The molecular formula is C52H51NO. The highest BCUT2D eigenvalue weighted by atomic mass is 16.5. The van der Waals surface area contributed by atoms with E-state index in [-0.39, 0.29) is 10.8 Å². The summed E-state index contributed by atoms with van der Waals surface area (Å²) in [6, 6.07) is 46.7. The maximum atomic E-state index is 5.78. The van der Waals surface area contributed by atoms with E-state index < -0.39 is 0 Å². The van der Waals surface area contributed by atoms with Crippen molar-refractivity contribution in [2.75, 3.05) is 12.0 Å². The number of rotatable bonds is 9. The monoisotopic (exact) mass is 705 g/mol. The lowest BCUT2D eigenvalue weighted by molar-refractivity contribution is 0.412. The molecule has 6 aromatic rings. The number of aryl methyl sites for hydroxylation is 1. The van der Waals surface area contributed by atoms with E-state index in [0.717, 1.165) is 24.0 Å². The van der Waals surface area contributed by atoms with Gasteiger partial charge in [-0.2, -0.15) is 0 Å². The van der Waals surface area contributed by atoms with Gasteiger partial charge in [-0.15, -0.1) is 0 Å². The summed E-state index contributed by atoms with van der Waals surface area (Å²) in [5, 5.41) is 0. The van der Waals surface area contributed by atoms with E-state index in [0.29, 0.717) is 5.92 Å². The van der Waals surface area contributed by atoms with Gasteiger partial charge in [0.1, 0.15) is 5.75 Å². The Bertz CT molecular complexity index is 2440. The number of hydrogen-bond acceptors (Lipinski definition) is 2. The highest BCUT2D eigenvalue weighted by Crippen LogP contribution is 2.58. The zero-order valence-corrected chi connectivity index (χ0v) is 32.7. The summed E-state index contributed by atoms with van der Waals surface area (Å²) in [7, 11) is 1.78. The van der Waals surface area contributed by atoms with Crippen molar-refractivity contribution in [3.63, 3.8) is 0 Å². The molecule has 54 heavy (non-hydrogen) atoms. The lowest BCUT2D eigenvalue weighted by atomic mass is 9.75. The smallest absolute Gasteiger partial charge is 0.119 e. The van der Waals surface area contributed by atoms with Gasteiger partial charge in [0.2, 0.25) is 0 Å². The molecule has 0 amide bonds. The van der Waals surface area contributed by atoms with Crippen molar-refractivity contribution in [1.29, 1.82) is 0 Å². The first-order valence-corrected chi connectivity index (χ1v) is 20.3. The van der Waals surface area contributed by atoms with Crippen molar-refractivity contribution >= 4 is 17.1 Å². The summed E-state index contributed by atoms with van der Waals surface area (Å²) in [6.45, 7) is 11.9. The number of nitrogens with zero attached hydrogens (tertiary/aromatic N) is 1. The molecule has 270 valence electrons. The predicted molar refractivity (Wildman–Crippen MR) is 226 cm³/mol. The zero-order valence-electron chi connectivity index (χ0n) is 32.7. The fourth-order valence-electron chi connectivity index (χ4n) is 10.1. The summed E-state index contributed by atoms with van der Waals surface area (Å²) in [4.78, 5) is 2.51. The molecule has 0 aliphatic heterocycles. The van der Waals surface area contributed by atoms with Gasteiger partial charge >= 0.3 is 0 Å². The third-order valence-corrected chi connectivity index (χ3v) is 13.9. The second-order valence-electron chi connectivity index (χ2n) is 17.4. The third kappa shape index (κ3) is 5.20. The van der Waals surface area contributed by atoms with Crippen LogP contribution in [0.5, 0.6) is 5.75 Å². The molecule has 3 unspecified atom stereocenters. The van der Waals surface area contributed by atoms with E-state index in [4.69, 9.17) is 4.74 Å². The maximum Gasteiger partial charge on any atom is 0.119 e. The molecule has 0 heterocycles. The zero-order chi connectivity index (χ0) is 36.9. The average molecular weight is 706 g/mol. The summed E-state index contributed by atoms with van der Waals surface area (Å²) in [5.41, 5.74) is 20.0. The summed E-state index contributed by atoms with van der Waals surface area (Å²) in [5.74, 6) is 3.23.